The van der Waals surface area contributed by atoms with E-state index in [2.05, 4.69) is 6.07 Å². The Bertz CT molecular complexity index is 815. The minimum Gasteiger partial charge on any atom is -0.467 e. The predicted octanol–water partition coefficient (Wildman–Crippen LogP) is 3.63. The van der Waals surface area contributed by atoms with Gasteiger partial charge in [-0.15, -0.1) is 0 Å². The van der Waals surface area contributed by atoms with Crippen molar-refractivity contribution in [3.63, 3.8) is 0 Å². The van der Waals surface area contributed by atoms with Crippen LogP contribution in [0.25, 0.3) is 0 Å². The number of benzene rings is 1. The van der Waals surface area contributed by atoms with Crippen LogP contribution in [0, 0.1) is 11.8 Å². The van der Waals surface area contributed by atoms with Gasteiger partial charge in [-0.25, -0.2) is 0 Å². The molecule has 1 saturated carbocycles. The maximum atomic E-state index is 13.4. The summed E-state index contributed by atoms with van der Waals surface area (Å²) in [7, 11) is 1.80. The molecule has 0 saturated heterocycles. The molecule has 0 bridgehead atoms. The number of hydrogen-bond donors (Lipinski definition) is 0. The number of carbonyl (C=O) groups is 2. The molecule has 2 atom stereocenters. The van der Waals surface area contributed by atoms with Gasteiger partial charge in [-0.2, -0.15) is 0 Å². The minimum atomic E-state index is -0.237. The fraction of sp³-hybridized carbons (Fsp3) is 0.455. The molecule has 4 rings (SSSR count). The highest BCUT2D eigenvalue weighted by Gasteiger charge is 2.40. The van der Waals surface area contributed by atoms with Crippen LogP contribution in [0.4, 0.5) is 5.69 Å². The number of nitrogens with zero attached hydrogens (tertiary/aromatic N) is 2. The highest BCUT2D eigenvalue weighted by Crippen LogP contribution is 2.36. The molecule has 0 spiro atoms. The lowest BCUT2D eigenvalue weighted by atomic mass is 9.77. The molecule has 5 heteroatoms. The van der Waals surface area contributed by atoms with Crippen LogP contribution in [0.1, 0.15) is 37.0 Å². The van der Waals surface area contributed by atoms with E-state index in [0.29, 0.717) is 6.54 Å². The van der Waals surface area contributed by atoms with E-state index in [-0.39, 0.29) is 23.7 Å². The SMILES string of the molecule is CN(Cc1ccco1)C(=O)C1CCCCC1C(=O)N1CCc2ccccc21. The molecule has 2 aromatic rings. The standard InChI is InChI=1S/C22H26N2O3/c1-23(15-17-8-6-14-27-17)21(25)18-9-3-4-10-19(18)22(26)24-13-12-16-7-2-5-11-20(16)24/h2,5-8,11,14,18-19H,3-4,9-10,12-13,15H2,1H3. The predicted molar refractivity (Wildman–Crippen MR) is 103 cm³/mol. The third-order valence-electron chi connectivity index (χ3n) is 5.90. The molecule has 1 aliphatic carbocycles. The van der Waals surface area contributed by atoms with E-state index in [0.717, 1.165) is 50.1 Å². The normalized spacial score (nSPS) is 21.7. The van der Waals surface area contributed by atoms with Crippen LogP contribution in [0.3, 0.4) is 0 Å². The van der Waals surface area contributed by atoms with Crippen LogP contribution in [0.15, 0.2) is 47.1 Å². The summed E-state index contributed by atoms with van der Waals surface area (Å²) in [5.74, 6) is 0.467. The van der Waals surface area contributed by atoms with Gasteiger partial charge in [0.05, 0.1) is 18.7 Å². The Morgan fingerprint density at radius 3 is 2.67 bits per heavy atom. The Kier molecular flexibility index (Phi) is 5.01. The Morgan fingerprint density at radius 1 is 1.11 bits per heavy atom. The molecule has 5 nitrogen and oxygen atoms in total. The van der Waals surface area contributed by atoms with Gasteiger partial charge in [0.15, 0.2) is 0 Å². The molecule has 0 N–H and O–H groups in total. The zero-order valence-corrected chi connectivity index (χ0v) is 15.8. The quantitative estimate of drug-likeness (QED) is 0.830. The fourth-order valence-corrected chi connectivity index (χ4v) is 4.49. The number of hydrogen-bond acceptors (Lipinski definition) is 3. The van der Waals surface area contributed by atoms with Crippen LogP contribution in [0.2, 0.25) is 0 Å². The van der Waals surface area contributed by atoms with Gasteiger partial charge >= 0.3 is 0 Å². The van der Waals surface area contributed by atoms with Crippen molar-refractivity contribution in [3.05, 3.63) is 54.0 Å². The topological polar surface area (TPSA) is 53.8 Å². The zero-order chi connectivity index (χ0) is 18.8. The monoisotopic (exact) mass is 366 g/mol. The maximum Gasteiger partial charge on any atom is 0.230 e. The van der Waals surface area contributed by atoms with Crippen LogP contribution in [-0.4, -0.2) is 30.3 Å². The summed E-state index contributed by atoms with van der Waals surface area (Å²) in [6, 6.07) is 11.8. The first-order valence-electron chi connectivity index (χ1n) is 9.82. The van der Waals surface area contributed by atoms with Gasteiger partial charge in [-0.3, -0.25) is 9.59 Å². The highest BCUT2D eigenvalue weighted by atomic mass is 16.3. The Morgan fingerprint density at radius 2 is 1.89 bits per heavy atom. The van der Waals surface area contributed by atoms with Crippen LogP contribution < -0.4 is 4.90 Å². The van der Waals surface area contributed by atoms with E-state index in [9.17, 15) is 9.59 Å². The van der Waals surface area contributed by atoms with Crippen molar-refractivity contribution in [3.8, 4) is 0 Å². The average Bonchev–Trinajstić information content (AvgIpc) is 3.36. The van der Waals surface area contributed by atoms with E-state index < -0.39 is 0 Å². The molecule has 142 valence electrons. The molecule has 2 heterocycles. The first kappa shape index (κ1) is 17.8. The maximum absolute atomic E-state index is 13.4. The summed E-state index contributed by atoms with van der Waals surface area (Å²) in [6.45, 7) is 1.16. The van der Waals surface area contributed by atoms with Gasteiger partial charge < -0.3 is 14.2 Å². The summed E-state index contributed by atoms with van der Waals surface area (Å²) in [5.41, 5.74) is 2.24. The second-order valence-corrected chi connectivity index (χ2v) is 7.64. The summed E-state index contributed by atoms with van der Waals surface area (Å²) < 4.78 is 5.37. The van der Waals surface area contributed by atoms with E-state index >= 15 is 0 Å². The van der Waals surface area contributed by atoms with E-state index in [1.54, 1.807) is 18.2 Å². The molecule has 1 aliphatic heterocycles. The Balaban J connectivity index is 1.50. The lowest BCUT2D eigenvalue weighted by Gasteiger charge is -2.34. The molecule has 1 fully saturated rings. The number of carbonyl (C=O) groups excluding carboxylic acids is 2. The zero-order valence-electron chi connectivity index (χ0n) is 15.8. The van der Waals surface area contributed by atoms with Crippen molar-refractivity contribution in [2.24, 2.45) is 11.8 Å². The molecule has 2 unspecified atom stereocenters. The molecule has 1 aromatic heterocycles. The van der Waals surface area contributed by atoms with Gasteiger partial charge in [0, 0.05) is 25.2 Å². The van der Waals surface area contributed by atoms with Crippen molar-refractivity contribution in [1.82, 2.24) is 4.90 Å². The average molecular weight is 366 g/mol. The van der Waals surface area contributed by atoms with Crippen LogP contribution in [-0.2, 0) is 22.6 Å². The molecular formula is C22H26N2O3. The summed E-state index contributed by atoms with van der Waals surface area (Å²) >= 11 is 0. The fourth-order valence-electron chi connectivity index (χ4n) is 4.49. The van der Waals surface area contributed by atoms with Gasteiger partial charge in [-0.1, -0.05) is 31.0 Å². The van der Waals surface area contributed by atoms with Crippen molar-refractivity contribution in [1.29, 1.82) is 0 Å². The smallest absolute Gasteiger partial charge is 0.230 e. The number of fused-ring (bicyclic) bond motifs is 1. The molecule has 1 aromatic carbocycles. The minimum absolute atomic E-state index is 0.0527. The van der Waals surface area contributed by atoms with Crippen LogP contribution >= 0.6 is 0 Å². The number of anilines is 1. The lowest BCUT2D eigenvalue weighted by molar-refractivity contribution is -0.142. The number of amides is 2. The van der Waals surface area contributed by atoms with Crippen molar-refractivity contribution in [2.45, 2.75) is 38.6 Å². The lowest BCUT2D eigenvalue weighted by Crippen LogP contribution is -2.45. The van der Waals surface area contributed by atoms with Gasteiger partial charge in [0.1, 0.15) is 5.76 Å². The largest absolute Gasteiger partial charge is 0.467 e. The second-order valence-electron chi connectivity index (χ2n) is 7.64. The van der Waals surface area contributed by atoms with Crippen molar-refractivity contribution >= 4 is 17.5 Å². The second kappa shape index (κ2) is 7.59. The number of para-hydroxylation sites is 1. The van der Waals surface area contributed by atoms with Crippen molar-refractivity contribution < 1.29 is 14.0 Å². The molecular weight excluding hydrogens is 340 g/mol. The van der Waals surface area contributed by atoms with Gasteiger partial charge in [0.2, 0.25) is 11.8 Å². The van der Waals surface area contributed by atoms with Gasteiger partial charge in [0.25, 0.3) is 0 Å². The van der Waals surface area contributed by atoms with Crippen molar-refractivity contribution in [2.75, 3.05) is 18.5 Å². The summed E-state index contributed by atoms with van der Waals surface area (Å²) in [4.78, 5) is 30.1. The van der Waals surface area contributed by atoms with E-state index in [4.69, 9.17) is 4.42 Å². The Labute approximate surface area is 159 Å². The summed E-state index contributed by atoms with van der Waals surface area (Å²) in [5, 5.41) is 0. The third kappa shape index (κ3) is 3.51. The number of rotatable bonds is 4. The molecule has 0 radical (unpaired) electrons. The van der Waals surface area contributed by atoms with Gasteiger partial charge in [-0.05, 0) is 43.0 Å². The highest BCUT2D eigenvalue weighted by molar-refractivity contribution is 5.99. The first-order valence-corrected chi connectivity index (χ1v) is 9.82. The Hall–Kier alpha value is -2.56. The van der Waals surface area contributed by atoms with E-state index in [1.807, 2.05) is 35.2 Å². The first-order chi connectivity index (χ1) is 13.1. The van der Waals surface area contributed by atoms with E-state index in [1.165, 1.54) is 5.56 Å². The molecule has 2 amide bonds. The summed E-state index contributed by atoms with van der Waals surface area (Å²) in [6.07, 6.45) is 6.11. The molecule has 27 heavy (non-hydrogen) atoms. The number of furan rings is 1. The molecule has 2 aliphatic rings. The van der Waals surface area contributed by atoms with Crippen LogP contribution in [0.5, 0.6) is 0 Å². The third-order valence-corrected chi connectivity index (χ3v) is 5.90.